The van der Waals surface area contributed by atoms with E-state index in [4.69, 9.17) is 0 Å². The Bertz CT molecular complexity index is 418. The Kier molecular flexibility index (Phi) is 3.97. The minimum Gasteiger partial charge on any atom is -0.341 e. The molecule has 2 unspecified atom stereocenters. The Morgan fingerprint density at radius 1 is 1.39 bits per heavy atom. The van der Waals surface area contributed by atoms with Gasteiger partial charge in [0.1, 0.15) is 5.82 Å². The molecule has 0 bridgehead atoms. The van der Waals surface area contributed by atoms with Gasteiger partial charge in [-0.25, -0.2) is 4.39 Å². The SMILES string of the molecule is CC1CNCC1C(=O)N(C)Cc1ccc(F)cc1. The standard InChI is InChI=1S/C14H19FN2O/c1-10-7-16-8-13(10)14(18)17(2)9-11-3-5-12(15)6-4-11/h3-6,10,13,16H,7-9H2,1-2H3. The van der Waals surface area contributed by atoms with E-state index in [0.717, 1.165) is 18.7 Å². The van der Waals surface area contributed by atoms with Crippen LogP contribution >= 0.6 is 0 Å². The number of halogens is 1. The van der Waals surface area contributed by atoms with Crippen LogP contribution in [0.2, 0.25) is 0 Å². The highest BCUT2D eigenvalue weighted by molar-refractivity contribution is 5.79. The summed E-state index contributed by atoms with van der Waals surface area (Å²) in [6, 6.07) is 6.28. The normalized spacial score (nSPS) is 23.1. The van der Waals surface area contributed by atoms with Crippen molar-refractivity contribution in [3.05, 3.63) is 35.6 Å². The van der Waals surface area contributed by atoms with Gasteiger partial charge in [0, 0.05) is 20.1 Å². The Labute approximate surface area is 107 Å². The van der Waals surface area contributed by atoms with Crippen LogP contribution < -0.4 is 5.32 Å². The van der Waals surface area contributed by atoms with Crippen molar-refractivity contribution in [2.45, 2.75) is 13.5 Å². The van der Waals surface area contributed by atoms with Gasteiger partial charge in [-0.05, 0) is 30.2 Å². The molecule has 1 fully saturated rings. The highest BCUT2D eigenvalue weighted by atomic mass is 19.1. The summed E-state index contributed by atoms with van der Waals surface area (Å²) in [5.41, 5.74) is 0.950. The Hall–Kier alpha value is -1.42. The summed E-state index contributed by atoms with van der Waals surface area (Å²) in [5.74, 6) is 0.363. The van der Waals surface area contributed by atoms with Gasteiger partial charge in [0.05, 0.1) is 5.92 Å². The summed E-state index contributed by atoms with van der Waals surface area (Å²) in [7, 11) is 1.80. The maximum Gasteiger partial charge on any atom is 0.227 e. The second-order valence-corrected chi connectivity index (χ2v) is 5.06. The zero-order chi connectivity index (χ0) is 13.1. The van der Waals surface area contributed by atoms with Gasteiger partial charge in [-0.2, -0.15) is 0 Å². The number of nitrogens with one attached hydrogen (secondary N) is 1. The van der Waals surface area contributed by atoms with Crippen LogP contribution in [-0.2, 0) is 11.3 Å². The van der Waals surface area contributed by atoms with Crippen LogP contribution in [0.4, 0.5) is 4.39 Å². The monoisotopic (exact) mass is 250 g/mol. The maximum atomic E-state index is 12.8. The Balaban J connectivity index is 1.97. The molecule has 1 heterocycles. The van der Waals surface area contributed by atoms with E-state index in [0.29, 0.717) is 12.5 Å². The Morgan fingerprint density at radius 3 is 2.61 bits per heavy atom. The second-order valence-electron chi connectivity index (χ2n) is 5.06. The molecule has 0 saturated carbocycles. The van der Waals surface area contributed by atoms with E-state index in [1.807, 2.05) is 0 Å². The van der Waals surface area contributed by atoms with Gasteiger partial charge in [0.15, 0.2) is 0 Å². The number of amides is 1. The summed E-state index contributed by atoms with van der Waals surface area (Å²) in [4.78, 5) is 14.0. The fourth-order valence-corrected chi connectivity index (χ4v) is 2.37. The number of carbonyl (C=O) groups excluding carboxylic acids is 1. The zero-order valence-electron chi connectivity index (χ0n) is 10.8. The summed E-state index contributed by atoms with van der Waals surface area (Å²) >= 11 is 0. The van der Waals surface area contributed by atoms with Crippen molar-refractivity contribution in [3.8, 4) is 0 Å². The largest absolute Gasteiger partial charge is 0.341 e. The number of benzene rings is 1. The summed E-state index contributed by atoms with van der Waals surface area (Å²) < 4.78 is 12.8. The molecule has 0 aliphatic carbocycles. The van der Waals surface area contributed by atoms with E-state index in [2.05, 4.69) is 12.2 Å². The average Bonchev–Trinajstić information content (AvgIpc) is 2.77. The van der Waals surface area contributed by atoms with Gasteiger partial charge in [-0.1, -0.05) is 19.1 Å². The molecule has 1 saturated heterocycles. The molecule has 3 nitrogen and oxygen atoms in total. The molecule has 1 amide bonds. The molecule has 4 heteroatoms. The van der Waals surface area contributed by atoms with Crippen molar-refractivity contribution in [2.24, 2.45) is 11.8 Å². The highest BCUT2D eigenvalue weighted by Crippen LogP contribution is 2.19. The number of hydrogen-bond donors (Lipinski definition) is 1. The molecule has 0 aromatic heterocycles. The smallest absolute Gasteiger partial charge is 0.227 e. The second kappa shape index (κ2) is 5.48. The van der Waals surface area contributed by atoms with Crippen LogP contribution in [0.1, 0.15) is 12.5 Å². The molecule has 98 valence electrons. The van der Waals surface area contributed by atoms with E-state index >= 15 is 0 Å². The first-order valence-corrected chi connectivity index (χ1v) is 6.28. The number of rotatable bonds is 3. The van der Waals surface area contributed by atoms with Gasteiger partial charge in [-0.3, -0.25) is 4.79 Å². The maximum absolute atomic E-state index is 12.8. The topological polar surface area (TPSA) is 32.3 Å². The number of hydrogen-bond acceptors (Lipinski definition) is 2. The summed E-state index contributed by atoms with van der Waals surface area (Å²) in [6.45, 7) is 4.28. The first-order valence-electron chi connectivity index (χ1n) is 6.28. The number of nitrogens with zero attached hydrogens (tertiary/aromatic N) is 1. The average molecular weight is 250 g/mol. The molecular weight excluding hydrogens is 231 g/mol. The zero-order valence-corrected chi connectivity index (χ0v) is 10.8. The molecule has 0 radical (unpaired) electrons. The lowest BCUT2D eigenvalue weighted by molar-refractivity contribution is -0.135. The first kappa shape index (κ1) is 13.0. The van der Waals surface area contributed by atoms with Crippen molar-refractivity contribution in [2.75, 3.05) is 20.1 Å². The molecule has 1 aromatic rings. The number of carbonyl (C=O) groups is 1. The van der Waals surface area contributed by atoms with E-state index in [-0.39, 0.29) is 17.6 Å². The minimum atomic E-state index is -0.249. The van der Waals surface area contributed by atoms with Gasteiger partial charge in [-0.15, -0.1) is 0 Å². The molecule has 2 rings (SSSR count). The van der Waals surface area contributed by atoms with Crippen LogP contribution in [0.15, 0.2) is 24.3 Å². The third kappa shape index (κ3) is 2.88. The molecule has 1 N–H and O–H groups in total. The lowest BCUT2D eigenvalue weighted by atomic mass is 9.96. The predicted octanol–water partition coefficient (Wildman–Crippen LogP) is 1.64. The van der Waals surface area contributed by atoms with E-state index in [9.17, 15) is 9.18 Å². The molecule has 1 aromatic carbocycles. The third-order valence-electron chi connectivity index (χ3n) is 3.54. The molecular formula is C14H19FN2O. The van der Waals surface area contributed by atoms with Crippen molar-refractivity contribution in [1.29, 1.82) is 0 Å². The van der Waals surface area contributed by atoms with Crippen molar-refractivity contribution < 1.29 is 9.18 Å². The Morgan fingerprint density at radius 2 is 2.06 bits per heavy atom. The highest BCUT2D eigenvalue weighted by Gasteiger charge is 2.31. The molecule has 0 spiro atoms. The van der Waals surface area contributed by atoms with Gasteiger partial charge < -0.3 is 10.2 Å². The molecule has 1 aliphatic rings. The van der Waals surface area contributed by atoms with Crippen molar-refractivity contribution >= 4 is 5.91 Å². The quantitative estimate of drug-likeness (QED) is 0.884. The predicted molar refractivity (Wildman–Crippen MR) is 68.4 cm³/mol. The fraction of sp³-hybridized carbons (Fsp3) is 0.500. The lowest BCUT2D eigenvalue weighted by Gasteiger charge is -2.23. The lowest BCUT2D eigenvalue weighted by Crippen LogP contribution is -2.35. The van der Waals surface area contributed by atoms with Crippen molar-refractivity contribution in [3.63, 3.8) is 0 Å². The minimum absolute atomic E-state index is 0.0652. The van der Waals surface area contributed by atoms with Gasteiger partial charge in [0.25, 0.3) is 0 Å². The van der Waals surface area contributed by atoms with E-state index in [1.165, 1.54) is 12.1 Å². The van der Waals surface area contributed by atoms with Crippen LogP contribution in [0.25, 0.3) is 0 Å². The van der Waals surface area contributed by atoms with Crippen LogP contribution in [0.5, 0.6) is 0 Å². The van der Waals surface area contributed by atoms with Gasteiger partial charge in [0.2, 0.25) is 5.91 Å². The van der Waals surface area contributed by atoms with Crippen LogP contribution in [-0.4, -0.2) is 30.9 Å². The first-order chi connectivity index (χ1) is 8.58. The van der Waals surface area contributed by atoms with E-state index in [1.54, 1.807) is 24.1 Å². The third-order valence-corrected chi connectivity index (χ3v) is 3.54. The van der Waals surface area contributed by atoms with E-state index < -0.39 is 0 Å². The molecule has 18 heavy (non-hydrogen) atoms. The summed E-state index contributed by atoms with van der Waals surface area (Å²) in [6.07, 6.45) is 0. The van der Waals surface area contributed by atoms with Gasteiger partial charge >= 0.3 is 0 Å². The van der Waals surface area contributed by atoms with Crippen molar-refractivity contribution in [1.82, 2.24) is 10.2 Å². The molecule has 1 aliphatic heterocycles. The van der Waals surface area contributed by atoms with Crippen LogP contribution in [0, 0.1) is 17.7 Å². The fourth-order valence-electron chi connectivity index (χ4n) is 2.37. The molecule has 2 atom stereocenters. The summed E-state index contributed by atoms with van der Waals surface area (Å²) in [5, 5.41) is 3.23. The van der Waals surface area contributed by atoms with Crippen LogP contribution in [0.3, 0.4) is 0 Å².